The van der Waals surface area contributed by atoms with Gasteiger partial charge in [0, 0.05) is 0 Å². The summed E-state index contributed by atoms with van der Waals surface area (Å²) in [6, 6.07) is 6.53. The van der Waals surface area contributed by atoms with Crippen molar-refractivity contribution in [3.63, 3.8) is 0 Å². The zero-order valence-electron chi connectivity index (χ0n) is 18.7. The van der Waals surface area contributed by atoms with Gasteiger partial charge in [-0.3, -0.25) is 14.5 Å². The van der Waals surface area contributed by atoms with Gasteiger partial charge in [-0.25, -0.2) is 0 Å². The highest BCUT2D eigenvalue weighted by atomic mass is 32.2. The second kappa shape index (κ2) is 8.29. The van der Waals surface area contributed by atoms with E-state index in [1.165, 1.54) is 4.90 Å². The predicted molar refractivity (Wildman–Crippen MR) is 123 cm³/mol. The first-order chi connectivity index (χ1) is 15.2. The first-order valence-corrected chi connectivity index (χ1v) is 13.1. The Morgan fingerprint density at radius 1 is 0.938 bits per heavy atom. The van der Waals surface area contributed by atoms with Gasteiger partial charge in [0.25, 0.3) is 11.8 Å². The van der Waals surface area contributed by atoms with E-state index >= 15 is 0 Å². The van der Waals surface area contributed by atoms with Gasteiger partial charge in [-0.05, 0) is 57.8 Å². The first kappa shape index (κ1) is 22.7. The summed E-state index contributed by atoms with van der Waals surface area (Å²) in [5.41, 5.74) is 0.897. The molecule has 0 radical (unpaired) electrons. The van der Waals surface area contributed by atoms with Crippen LogP contribution in [0.3, 0.4) is 0 Å². The van der Waals surface area contributed by atoms with E-state index < -0.39 is 29.8 Å². The van der Waals surface area contributed by atoms with E-state index in [0.29, 0.717) is 17.7 Å². The van der Waals surface area contributed by atoms with Crippen molar-refractivity contribution < 1.29 is 28.5 Å². The summed E-state index contributed by atoms with van der Waals surface area (Å²) < 4.78 is 24.7. The van der Waals surface area contributed by atoms with E-state index in [2.05, 4.69) is 0 Å². The van der Waals surface area contributed by atoms with Crippen molar-refractivity contribution >= 4 is 35.3 Å². The van der Waals surface area contributed by atoms with Gasteiger partial charge in [0.1, 0.15) is 18.3 Å². The maximum Gasteiger partial charge on any atom is 0.261 e. The molecule has 174 valence electrons. The van der Waals surface area contributed by atoms with Crippen LogP contribution in [0.25, 0.3) is 0 Å². The zero-order valence-corrected chi connectivity index (χ0v) is 20.4. The van der Waals surface area contributed by atoms with E-state index in [9.17, 15) is 9.59 Å². The standard InChI is InChI=1S/C23H29NO6S2/c1-22(2)27-12-15(28-22)17-18(30-23(3,4)29-17)16(21-31-10-7-11-32-21)24-19(25)13-8-5-6-9-14(13)20(24)26/h5-6,8-9,15-18,21H,7,10-12H2,1-4H3/t15-,16-,17-,18-/m1/s1. The number of carbonyl (C=O) groups excluding carboxylic acids is 2. The fourth-order valence-corrected chi connectivity index (χ4v) is 8.03. The van der Waals surface area contributed by atoms with Crippen LogP contribution in [0, 0.1) is 0 Å². The molecule has 0 aromatic heterocycles. The monoisotopic (exact) mass is 479 g/mol. The maximum atomic E-state index is 13.5. The highest BCUT2D eigenvalue weighted by Crippen LogP contribution is 2.45. The Hall–Kier alpha value is -1.10. The van der Waals surface area contributed by atoms with Crippen LogP contribution in [-0.4, -0.2) is 75.3 Å². The number of hydrogen-bond acceptors (Lipinski definition) is 8. The molecule has 4 aliphatic heterocycles. The lowest BCUT2D eigenvalue weighted by Gasteiger charge is -2.39. The van der Waals surface area contributed by atoms with Crippen molar-refractivity contribution in [2.75, 3.05) is 18.1 Å². The van der Waals surface area contributed by atoms with Crippen LogP contribution in [-0.2, 0) is 18.9 Å². The molecule has 1 aromatic rings. The molecular formula is C23H29NO6S2. The maximum absolute atomic E-state index is 13.5. The number of carbonyl (C=O) groups is 2. The molecule has 4 heterocycles. The summed E-state index contributed by atoms with van der Waals surface area (Å²) >= 11 is 3.56. The number of thioether (sulfide) groups is 2. The Morgan fingerprint density at radius 2 is 1.56 bits per heavy atom. The van der Waals surface area contributed by atoms with Crippen molar-refractivity contribution in [2.24, 2.45) is 0 Å². The molecule has 0 N–H and O–H groups in total. The van der Waals surface area contributed by atoms with Crippen LogP contribution in [0.15, 0.2) is 24.3 Å². The highest BCUT2D eigenvalue weighted by Gasteiger charge is 2.57. The van der Waals surface area contributed by atoms with E-state index in [1.54, 1.807) is 47.8 Å². The Kier molecular flexibility index (Phi) is 5.87. The predicted octanol–water partition coefficient (Wildman–Crippen LogP) is 3.52. The smallest absolute Gasteiger partial charge is 0.261 e. The van der Waals surface area contributed by atoms with Gasteiger partial charge in [0.2, 0.25) is 0 Å². The minimum atomic E-state index is -0.869. The summed E-state index contributed by atoms with van der Waals surface area (Å²) in [4.78, 5) is 28.4. The molecule has 4 aliphatic rings. The third-order valence-corrected chi connectivity index (χ3v) is 9.23. The van der Waals surface area contributed by atoms with Gasteiger partial charge in [-0.2, -0.15) is 0 Å². The second-order valence-electron chi connectivity index (χ2n) is 9.41. The van der Waals surface area contributed by atoms with Crippen LogP contribution in [0.5, 0.6) is 0 Å². The Labute approximate surface area is 196 Å². The van der Waals surface area contributed by atoms with Gasteiger partial charge in [-0.1, -0.05) is 12.1 Å². The number of hydrogen-bond donors (Lipinski definition) is 0. The number of amides is 2. The molecule has 4 atom stereocenters. The summed E-state index contributed by atoms with van der Waals surface area (Å²) in [6.07, 6.45) is -0.249. The number of nitrogens with zero attached hydrogens (tertiary/aromatic N) is 1. The van der Waals surface area contributed by atoms with Crippen LogP contribution in [0.1, 0.15) is 54.8 Å². The molecule has 9 heteroatoms. The number of fused-ring (bicyclic) bond motifs is 1. The molecule has 3 fully saturated rings. The van der Waals surface area contributed by atoms with Gasteiger partial charge < -0.3 is 18.9 Å². The van der Waals surface area contributed by atoms with E-state index in [4.69, 9.17) is 18.9 Å². The molecule has 7 nitrogen and oxygen atoms in total. The molecule has 3 saturated heterocycles. The SMILES string of the molecule is CC1(C)O[C@H]([C@H]2COC(C)(C)O2)[C@@H]([C@H](C2SCCCS2)N2C(=O)c3ccccc3C2=O)O1. The highest BCUT2D eigenvalue weighted by molar-refractivity contribution is 8.17. The third-order valence-electron chi connectivity index (χ3n) is 6.15. The minimum Gasteiger partial charge on any atom is -0.348 e. The van der Waals surface area contributed by atoms with Crippen LogP contribution < -0.4 is 0 Å². The fourth-order valence-electron chi connectivity index (χ4n) is 4.85. The van der Waals surface area contributed by atoms with E-state index in [0.717, 1.165) is 17.9 Å². The Morgan fingerprint density at radius 3 is 2.12 bits per heavy atom. The lowest BCUT2D eigenvalue weighted by Crippen LogP contribution is -2.57. The fraction of sp³-hybridized carbons (Fsp3) is 0.652. The molecule has 0 saturated carbocycles. The zero-order chi connectivity index (χ0) is 22.7. The number of benzene rings is 1. The average Bonchev–Trinajstić information content (AvgIpc) is 3.36. The second-order valence-corrected chi connectivity index (χ2v) is 12.2. The quantitative estimate of drug-likeness (QED) is 0.608. The number of rotatable bonds is 4. The van der Waals surface area contributed by atoms with E-state index in [-0.39, 0.29) is 22.5 Å². The topological polar surface area (TPSA) is 74.3 Å². The number of ether oxygens (including phenoxy) is 4. The Balaban J connectivity index is 1.53. The van der Waals surface area contributed by atoms with Crippen molar-refractivity contribution in [3.8, 4) is 0 Å². The first-order valence-electron chi connectivity index (χ1n) is 11.0. The van der Waals surface area contributed by atoms with Gasteiger partial charge in [0.05, 0.1) is 28.4 Å². The van der Waals surface area contributed by atoms with Gasteiger partial charge in [-0.15, -0.1) is 23.5 Å². The largest absolute Gasteiger partial charge is 0.348 e. The van der Waals surface area contributed by atoms with Crippen LogP contribution in [0.4, 0.5) is 0 Å². The summed E-state index contributed by atoms with van der Waals surface area (Å²) in [7, 11) is 0. The lowest BCUT2D eigenvalue weighted by atomic mass is 10.0. The number of imide groups is 1. The lowest BCUT2D eigenvalue weighted by molar-refractivity contribution is -0.175. The molecule has 0 aliphatic carbocycles. The van der Waals surface area contributed by atoms with Crippen LogP contribution >= 0.6 is 23.5 Å². The van der Waals surface area contributed by atoms with Gasteiger partial charge >= 0.3 is 0 Å². The average molecular weight is 480 g/mol. The van der Waals surface area contributed by atoms with Crippen LogP contribution in [0.2, 0.25) is 0 Å². The van der Waals surface area contributed by atoms with Crippen molar-refractivity contribution in [2.45, 2.75) is 74.6 Å². The third kappa shape index (κ3) is 4.01. The molecule has 1 aromatic carbocycles. The summed E-state index contributed by atoms with van der Waals surface area (Å²) in [5, 5.41) is 0. The summed E-state index contributed by atoms with van der Waals surface area (Å²) in [6.45, 7) is 7.84. The molecular weight excluding hydrogens is 450 g/mol. The van der Waals surface area contributed by atoms with Crippen molar-refractivity contribution in [1.82, 2.24) is 4.90 Å². The molecule has 32 heavy (non-hydrogen) atoms. The normalized spacial score (nSPS) is 33.0. The molecule has 2 amide bonds. The molecule has 0 unspecified atom stereocenters. The van der Waals surface area contributed by atoms with E-state index in [1.807, 2.05) is 27.7 Å². The molecule has 0 bridgehead atoms. The molecule has 0 spiro atoms. The summed E-state index contributed by atoms with van der Waals surface area (Å²) in [5.74, 6) is -0.155. The van der Waals surface area contributed by atoms with Crippen molar-refractivity contribution in [1.29, 1.82) is 0 Å². The Bertz CT molecular complexity index is 881. The molecule has 5 rings (SSSR count). The minimum absolute atomic E-state index is 0.00806. The van der Waals surface area contributed by atoms with Gasteiger partial charge in [0.15, 0.2) is 11.6 Å². The van der Waals surface area contributed by atoms with Crippen molar-refractivity contribution in [3.05, 3.63) is 35.4 Å².